The smallest absolute Gasteiger partial charge is 0.151 e. The van der Waals surface area contributed by atoms with E-state index in [0.29, 0.717) is 0 Å². The first-order valence-corrected chi connectivity index (χ1v) is 11.9. The maximum absolute atomic E-state index is 3.97. The second-order valence-electron chi connectivity index (χ2n) is 3.86. The largest absolute Gasteiger partial charge is 0.354 e. The molecule has 1 unspecified atom stereocenters. The molecule has 0 saturated carbocycles. The zero-order chi connectivity index (χ0) is 11.2. The summed E-state index contributed by atoms with van der Waals surface area (Å²) >= 11 is 0. The molecule has 0 spiro atoms. The Labute approximate surface area is 93.0 Å². The van der Waals surface area contributed by atoms with Gasteiger partial charge in [0.15, 0.2) is 8.96 Å². The van der Waals surface area contributed by atoms with Crippen molar-refractivity contribution in [2.75, 3.05) is 0 Å². The predicted octanol–water partition coefficient (Wildman–Crippen LogP) is 2.61. The van der Waals surface area contributed by atoms with Crippen LogP contribution in [0.3, 0.4) is 0 Å². The highest BCUT2D eigenvalue weighted by Gasteiger charge is 2.26. The molecule has 0 aliphatic heterocycles. The average Bonchev–Trinajstić information content (AvgIpc) is 2.17. The lowest BCUT2D eigenvalue weighted by Crippen LogP contribution is -2.54. The molecule has 0 heterocycles. The van der Waals surface area contributed by atoms with Gasteiger partial charge in [0.05, 0.1) is 8.80 Å². The van der Waals surface area contributed by atoms with Crippen molar-refractivity contribution in [1.29, 1.82) is 0 Å². The summed E-state index contributed by atoms with van der Waals surface area (Å²) in [4.78, 5) is 0. The first-order valence-electron chi connectivity index (χ1n) is 4.80. The van der Waals surface area contributed by atoms with Crippen LogP contribution in [0.2, 0.25) is 25.3 Å². The van der Waals surface area contributed by atoms with Crippen LogP contribution >= 0.6 is 0 Å². The van der Waals surface area contributed by atoms with Crippen molar-refractivity contribution in [2.45, 2.75) is 25.3 Å². The fourth-order valence-electron chi connectivity index (χ4n) is 1.32. The summed E-state index contributed by atoms with van der Waals surface area (Å²) in [5, 5.41) is 0. The Hall–Kier alpha value is -0.169. The van der Waals surface area contributed by atoms with Gasteiger partial charge in [0, 0.05) is 0 Å². The van der Waals surface area contributed by atoms with Crippen molar-refractivity contribution >= 4 is 26.0 Å². The third-order valence-electron chi connectivity index (χ3n) is 2.23. The number of rotatable bonds is 7. The van der Waals surface area contributed by atoms with Crippen LogP contribution in [0.5, 0.6) is 0 Å². The summed E-state index contributed by atoms with van der Waals surface area (Å²) in [6.45, 7) is 18.6. The zero-order valence-corrected chi connectivity index (χ0v) is 12.6. The quantitative estimate of drug-likeness (QED) is 0.674. The van der Waals surface area contributed by atoms with Crippen LogP contribution in [0.15, 0.2) is 36.8 Å². The van der Waals surface area contributed by atoms with Crippen molar-refractivity contribution in [1.82, 2.24) is 4.65 Å². The first-order chi connectivity index (χ1) is 6.47. The van der Waals surface area contributed by atoms with E-state index in [0.717, 1.165) is 0 Å². The van der Waals surface area contributed by atoms with E-state index in [1.54, 1.807) is 0 Å². The van der Waals surface area contributed by atoms with Crippen LogP contribution < -0.4 is 4.65 Å². The fraction of sp³-hybridized carbons (Fsp3) is 0.400. The minimum Gasteiger partial charge on any atom is -0.354 e. The number of hydrogen-bond donors (Lipinski definition) is 1. The van der Waals surface area contributed by atoms with Crippen molar-refractivity contribution in [3.8, 4) is 0 Å². The molecule has 0 fully saturated rings. The molecule has 0 bridgehead atoms. The van der Waals surface area contributed by atoms with Gasteiger partial charge in [-0.05, 0) is 5.67 Å². The molecule has 0 aromatic carbocycles. The van der Waals surface area contributed by atoms with Crippen LogP contribution in [0.25, 0.3) is 0 Å². The molecule has 1 atom stereocenters. The molecule has 0 aliphatic rings. The Balaban J connectivity index is 4.38. The van der Waals surface area contributed by atoms with Gasteiger partial charge in [-0.2, -0.15) is 0 Å². The van der Waals surface area contributed by atoms with E-state index < -0.39 is 17.2 Å². The molecule has 0 aromatic rings. The summed E-state index contributed by atoms with van der Waals surface area (Å²) in [5.74, 6) is 0. The Kier molecular flexibility index (Phi) is 6.26. The lowest BCUT2D eigenvalue weighted by Gasteiger charge is -2.28. The molecule has 0 aliphatic carbocycles. The predicted molar refractivity (Wildman–Crippen MR) is 73.4 cm³/mol. The lowest BCUT2D eigenvalue weighted by molar-refractivity contribution is 1.38. The fourth-order valence-corrected chi connectivity index (χ4v) is 12.7. The van der Waals surface area contributed by atoms with Crippen molar-refractivity contribution in [2.24, 2.45) is 0 Å². The molecule has 4 heteroatoms. The van der Waals surface area contributed by atoms with Gasteiger partial charge in [-0.15, -0.1) is 25.4 Å². The van der Waals surface area contributed by atoms with E-state index in [1.807, 2.05) is 0 Å². The normalized spacial score (nSPS) is 15.2. The van der Waals surface area contributed by atoms with Gasteiger partial charge >= 0.3 is 0 Å². The van der Waals surface area contributed by atoms with E-state index in [-0.39, 0.29) is 8.80 Å². The molecular weight excluding hydrogens is 218 g/mol. The zero-order valence-electron chi connectivity index (χ0n) is 9.56. The van der Waals surface area contributed by atoms with Gasteiger partial charge < -0.3 is 4.65 Å². The van der Waals surface area contributed by atoms with Crippen LogP contribution in [0, 0.1) is 0 Å². The van der Waals surface area contributed by atoms with Crippen molar-refractivity contribution < 1.29 is 0 Å². The van der Waals surface area contributed by atoms with E-state index in [9.17, 15) is 0 Å². The maximum Gasteiger partial charge on any atom is 0.151 e. The summed E-state index contributed by atoms with van der Waals surface area (Å²) in [5.41, 5.74) is 7.61. The van der Waals surface area contributed by atoms with Gasteiger partial charge in [-0.3, -0.25) is 0 Å². The lowest BCUT2D eigenvalue weighted by atomic mass is 11.3. The van der Waals surface area contributed by atoms with E-state index in [1.165, 1.54) is 5.67 Å². The van der Waals surface area contributed by atoms with Crippen LogP contribution in [-0.2, 0) is 0 Å². The van der Waals surface area contributed by atoms with Gasteiger partial charge in [0.1, 0.15) is 8.24 Å². The Morgan fingerprint density at radius 1 is 1.21 bits per heavy atom. The topological polar surface area (TPSA) is 12.0 Å². The highest BCUT2D eigenvalue weighted by Crippen LogP contribution is 2.11. The summed E-state index contributed by atoms with van der Waals surface area (Å²) < 4.78 is 3.74. The summed E-state index contributed by atoms with van der Waals surface area (Å²) in [6.07, 6.45) is 0. The highest BCUT2D eigenvalue weighted by atomic mass is 28.4. The third-order valence-corrected chi connectivity index (χ3v) is 13.5. The second-order valence-corrected chi connectivity index (χ2v) is 13.4. The monoisotopic (exact) mass is 239 g/mol. The summed E-state index contributed by atoms with van der Waals surface area (Å²) in [6, 6.07) is 0. The molecule has 1 N–H and O–H groups in total. The minimum absolute atomic E-state index is 0.377. The van der Waals surface area contributed by atoms with Crippen molar-refractivity contribution in [3.05, 3.63) is 36.8 Å². The molecule has 78 valence electrons. The third kappa shape index (κ3) is 4.90. The highest BCUT2D eigenvalue weighted by molar-refractivity contribution is 6.96. The molecule has 0 aromatic heterocycles. The standard InChI is InChI=1S/C10H21NSi3/c1-7-12(4)10-14(6,9-3)11-13(5)8-2/h7-9,11H,1-3,10H2,4-6H3. The van der Waals surface area contributed by atoms with Gasteiger partial charge in [0.25, 0.3) is 0 Å². The molecule has 14 heavy (non-hydrogen) atoms. The Morgan fingerprint density at radius 3 is 2.14 bits per heavy atom. The SMILES string of the molecule is C=C[Si](C)C[Si](C)(C=C)N[Si](C)C=C. The Morgan fingerprint density at radius 2 is 1.79 bits per heavy atom. The van der Waals surface area contributed by atoms with Gasteiger partial charge in [-0.1, -0.05) is 31.0 Å². The van der Waals surface area contributed by atoms with Gasteiger partial charge in [-0.25, -0.2) is 0 Å². The molecule has 1 nitrogen and oxygen atoms in total. The van der Waals surface area contributed by atoms with Crippen LogP contribution in [0.4, 0.5) is 0 Å². The van der Waals surface area contributed by atoms with Gasteiger partial charge in [0.2, 0.25) is 0 Å². The maximum atomic E-state index is 3.97. The van der Waals surface area contributed by atoms with E-state index >= 15 is 0 Å². The van der Waals surface area contributed by atoms with Crippen LogP contribution in [0.1, 0.15) is 0 Å². The molecule has 0 amide bonds. The van der Waals surface area contributed by atoms with Crippen molar-refractivity contribution in [3.63, 3.8) is 0 Å². The second kappa shape index (κ2) is 6.34. The Bertz CT molecular complexity index is 199. The first kappa shape index (κ1) is 13.8. The molecule has 0 rings (SSSR count). The van der Waals surface area contributed by atoms with Crippen LogP contribution in [-0.4, -0.2) is 26.0 Å². The minimum atomic E-state index is -1.43. The molecular formula is C10H21NSi3. The summed E-state index contributed by atoms with van der Waals surface area (Å²) in [7, 11) is -2.37. The number of hydrogen-bond acceptors (Lipinski definition) is 1. The number of nitrogens with one attached hydrogen (secondary N) is 1. The van der Waals surface area contributed by atoms with E-state index in [4.69, 9.17) is 0 Å². The molecule has 2 radical (unpaired) electrons. The molecule has 0 saturated heterocycles. The van der Waals surface area contributed by atoms with E-state index in [2.05, 4.69) is 61.1 Å². The average molecular weight is 240 g/mol.